The summed E-state index contributed by atoms with van der Waals surface area (Å²) in [6.07, 6.45) is 2.68. The number of aliphatic hydroxyl groups excluding tert-OH is 1. The average molecular weight is 309 g/mol. The fraction of sp³-hybridized carbons (Fsp3) is 0.211. The zero-order valence-electron chi connectivity index (χ0n) is 13.0. The summed E-state index contributed by atoms with van der Waals surface area (Å²) in [5, 5.41) is 10.2. The minimum atomic E-state index is -0.377. The molecule has 0 radical (unpaired) electrons. The Kier molecular flexibility index (Phi) is 4.44. The molecule has 3 aromatic rings. The van der Waals surface area contributed by atoms with Crippen LogP contribution in [-0.4, -0.2) is 22.7 Å². The summed E-state index contributed by atoms with van der Waals surface area (Å²) >= 11 is 0. The van der Waals surface area contributed by atoms with E-state index in [4.69, 9.17) is 4.74 Å². The number of aliphatic hydroxyl groups is 1. The number of nitrogens with one attached hydrogen (secondary N) is 1. The largest absolute Gasteiger partial charge is 0.421 e. The van der Waals surface area contributed by atoms with Crippen LogP contribution in [0, 0.1) is 5.92 Å². The van der Waals surface area contributed by atoms with Gasteiger partial charge in [0.25, 0.3) is 0 Å². The number of hydrogen-bond donors (Lipinski definition) is 2. The van der Waals surface area contributed by atoms with Crippen LogP contribution in [-0.2, 0) is 6.42 Å². The van der Waals surface area contributed by atoms with Gasteiger partial charge < -0.3 is 14.8 Å². The summed E-state index contributed by atoms with van der Waals surface area (Å²) in [5.74, 6) is 0.321. The van der Waals surface area contributed by atoms with Crippen molar-refractivity contribution < 1.29 is 14.6 Å². The van der Waals surface area contributed by atoms with Crippen LogP contribution in [0.25, 0.3) is 10.9 Å². The molecule has 1 atom stereocenters. The van der Waals surface area contributed by atoms with Crippen molar-refractivity contribution in [1.82, 2.24) is 4.98 Å². The Morgan fingerprint density at radius 1 is 1.17 bits per heavy atom. The number of rotatable bonds is 5. The summed E-state index contributed by atoms with van der Waals surface area (Å²) in [7, 11) is 0. The minimum Gasteiger partial charge on any atom is -0.421 e. The predicted molar refractivity (Wildman–Crippen MR) is 89.7 cm³/mol. The van der Waals surface area contributed by atoms with E-state index in [1.807, 2.05) is 31.3 Å². The molecule has 0 unspecified atom stereocenters. The zero-order valence-corrected chi connectivity index (χ0v) is 13.0. The molecule has 0 spiro atoms. The van der Waals surface area contributed by atoms with E-state index in [0.717, 1.165) is 22.9 Å². The first-order chi connectivity index (χ1) is 11.2. The molecule has 3 rings (SSSR count). The van der Waals surface area contributed by atoms with Gasteiger partial charge in [0.15, 0.2) is 5.75 Å². The molecular weight excluding hydrogens is 290 g/mol. The van der Waals surface area contributed by atoms with Gasteiger partial charge in [-0.2, -0.15) is 0 Å². The molecule has 2 N–H and O–H groups in total. The van der Waals surface area contributed by atoms with Gasteiger partial charge in [-0.05, 0) is 36.1 Å². The van der Waals surface area contributed by atoms with E-state index >= 15 is 0 Å². The number of carbonyl (C=O) groups excluding carboxylic acids is 1. The van der Waals surface area contributed by atoms with E-state index in [0.29, 0.717) is 11.3 Å². The maximum atomic E-state index is 12.2. The van der Waals surface area contributed by atoms with Crippen LogP contribution >= 0.6 is 0 Å². The Balaban J connectivity index is 1.89. The Labute approximate surface area is 134 Å². The van der Waals surface area contributed by atoms with Gasteiger partial charge in [0, 0.05) is 18.2 Å². The third-order valence-corrected chi connectivity index (χ3v) is 3.86. The first-order valence-corrected chi connectivity index (χ1v) is 7.66. The number of carbonyl (C=O) groups is 1. The molecule has 0 saturated heterocycles. The van der Waals surface area contributed by atoms with Crippen molar-refractivity contribution in [2.45, 2.75) is 13.3 Å². The van der Waals surface area contributed by atoms with Crippen molar-refractivity contribution in [3.63, 3.8) is 0 Å². The lowest BCUT2D eigenvalue weighted by Gasteiger charge is -2.08. The fourth-order valence-electron chi connectivity index (χ4n) is 2.61. The number of aromatic nitrogens is 1. The number of hydrogen-bond acceptors (Lipinski definition) is 3. The lowest BCUT2D eigenvalue weighted by molar-refractivity contribution is 0.0737. The highest BCUT2D eigenvalue weighted by Crippen LogP contribution is 2.29. The predicted octanol–water partition coefficient (Wildman–Crippen LogP) is 3.56. The molecule has 4 nitrogen and oxygen atoms in total. The molecule has 0 aliphatic carbocycles. The van der Waals surface area contributed by atoms with Crippen LogP contribution < -0.4 is 4.74 Å². The van der Waals surface area contributed by atoms with Crippen LogP contribution in [0.15, 0.2) is 54.7 Å². The minimum absolute atomic E-state index is 0.148. The lowest BCUT2D eigenvalue weighted by Crippen LogP contribution is -2.08. The number of aromatic amines is 1. The molecule has 0 amide bonds. The van der Waals surface area contributed by atoms with Crippen molar-refractivity contribution in [1.29, 1.82) is 0 Å². The number of esters is 1. The van der Waals surface area contributed by atoms with Crippen LogP contribution in [0.5, 0.6) is 5.75 Å². The normalized spacial score (nSPS) is 12.3. The molecule has 118 valence electrons. The molecule has 0 bridgehead atoms. The van der Waals surface area contributed by atoms with Crippen molar-refractivity contribution in [3.05, 3.63) is 65.9 Å². The number of para-hydroxylation sites is 1. The van der Waals surface area contributed by atoms with Crippen molar-refractivity contribution >= 4 is 16.9 Å². The zero-order chi connectivity index (χ0) is 16.2. The van der Waals surface area contributed by atoms with Crippen LogP contribution in [0.4, 0.5) is 0 Å². The smallest absolute Gasteiger partial charge is 0.343 e. The third-order valence-electron chi connectivity index (χ3n) is 3.86. The standard InChI is InChI=1S/C19H19NO3/c1-13(12-21)10-15-11-20-18-16(15)8-5-9-17(18)23-19(22)14-6-3-2-4-7-14/h2-9,11,13,20-21H,10,12H2,1H3/t13-/m0/s1. The summed E-state index contributed by atoms with van der Waals surface area (Å²) in [6, 6.07) is 14.6. The summed E-state index contributed by atoms with van der Waals surface area (Å²) in [4.78, 5) is 15.4. The highest BCUT2D eigenvalue weighted by atomic mass is 16.5. The Hall–Kier alpha value is -2.59. The molecule has 4 heteroatoms. The maximum absolute atomic E-state index is 12.2. The number of H-pyrrole nitrogens is 1. The van der Waals surface area contributed by atoms with Crippen molar-refractivity contribution in [3.8, 4) is 5.75 Å². The molecule has 0 aliphatic heterocycles. The first kappa shape index (κ1) is 15.3. The fourth-order valence-corrected chi connectivity index (χ4v) is 2.61. The van der Waals surface area contributed by atoms with E-state index in [1.54, 1.807) is 30.3 Å². The third kappa shape index (κ3) is 3.27. The average Bonchev–Trinajstić information content (AvgIpc) is 2.99. The molecule has 2 aromatic carbocycles. The molecule has 0 fully saturated rings. The van der Waals surface area contributed by atoms with E-state index in [9.17, 15) is 9.90 Å². The maximum Gasteiger partial charge on any atom is 0.343 e. The number of benzene rings is 2. The topological polar surface area (TPSA) is 62.3 Å². The van der Waals surface area contributed by atoms with Gasteiger partial charge in [0.1, 0.15) is 0 Å². The monoisotopic (exact) mass is 309 g/mol. The van der Waals surface area contributed by atoms with E-state index < -0.39 is 0 Å². The van der Waals surface area contributed by atoms with Crippen molar-refractivity contribution in [2.24, 2.45) is 5.92 Å². The van der Waals surface area contributed by atoms with Gasteiger partial charge in [0.2, 0.25) is 0 Å². The second-order valence-electron chi connectivity index (χ2n) is 5.74. The molecule has 1 aromatic heterocycles. The first-order valence-electron chi connectivity index (χ1n) is 7.66. The molecule has 23 heavy (non-hydrogen) atoms. The van der Waals surface area contributed by atoms with Gasteiger partial charge in [-0.1, -0.05) is 37.3 Å². The lowest BCUT2D eigenvalue weighted by atomic mass is 10.0. The highest BCUT2D eigenvalue weighted by molar-refractivity contribution is 5.95. The summed E-state index contributed by atoms with van der Waals surface area (Å²) in [6.45, 7) is 2.15. The number of fused-ring (bicyclic) bond motifs is 1. The number of ether oxygens (including phenoxy) is 1. The van der Waals surface area contributed by atoms with Gasteiger partial charge in [-0.15, -0.1) is 0 Å². The quantitative estimate of drug-likeness (QED) is 0.559. The van der Waals surface area contributed by atoms with Gasteiger partial charge in [-0.25, -0.2) is 4.79 Å². The van der Waals surface area contributed by atoms with Crippen molar-refractivity contribution in [2.75, 3.05) is 6.61 Å². The van der Waals surface area contributed by atoms with E-state index in [2.05, 4.69) is 4.98 Å². The van der Waals surface area contributed by atoms with Gasteiger partial charge >= 0.3 is 5.97 Å². The van der Waals surface area contributed by atoms with Crippen LogP contribution in [0.2, 0.25) is 0 Å². The van der Waals surface area contributed by atoms with Gasteiger partial charge in [0.05, 0.1) is 11.1 Å². The van der Waals surface area contributed by atoms with Crippen LogP contribution in [0.1, 0.15) is 22.8 Å². The Bertz CT molecular complexity index is 808. The summed E-state index contributed by atoms with van der Waals surface area (Å²) in [5.41, 5.74) is 2.43. The second-order valence-corrected chi connectivity index (χ2v) is 5.74. The van der Waals surface area contributed by atoms with E-state index in [1.165, 1.54) is 0 Å². The van der Waals surface area contributed by atoms with E-state index in [-0.39, 0.29) is 18.5 Å². The SMILES string of the molecule is C[C@H](CO)Cc1c[nH]c2c(OC(=O)c3ccccc3)cccc12. The molecule has 0 saturated carbocycles. The highest BCUT2D eigenvalue weighted by Gasteiger charge is 2.14. The Morgan fingerprint density at radius 3 is 2.70 bits per heavy atom. The molecular formula is C19H19NO3. The van der Waals surface area contributed by atoms with Gasteiger partial charge in [-0.3, -0.25) is 0 Å². The Morgan fingerprint density at radius 2 is 1.96 bits per heavy atom. The van der Waals surface area contributed by atoms with Crippen LogP contribution in [0.3, 0.4) is 0 Å². The summed E-state index contributed by atoms with van der Waals surface area (Å²) < 4.78 is 5.54. The molecule has 0 aliphatic rings. The molecule has 1 heterocycles. The second kappa shape index (κ2) is 6.67.